The molecule has 1 aliphatic carbocycles. The number of ether oxygens (including phenoxy) is 1. The smallest absolute Gasteiger partial charge is 0.311 e. The number of hydrogen-bond acceptors (Lipinski definition) is 5. The molecule has 8 heteroatoms. The summed E-state index contributed by atoms with van der Waals surface area (Å²) in [6.45, 7) is 1.58. The van der Waals surface area contributed by atoms with Crippen molar-refractivity contribution in [3.05, 3.63) is 34.9 Å². The van der Waals surface area contributed by atoms with Crippen LogP contribution in [0.3, 0.4) is 0 Å². The first-order chi connectivity index (χ1) is 10.1. The van der Waals surface area contributed by atoms with Gasteiger partial charge in [0.05, 0.1) is 24.6 Å². The van der Waals surface area contributed by atoms with Crippen molar-refractivity contribution in [1.82, 2.24) is 15.0 Å². The molecule has 0 amide bonds. The molecule has 1 unspecified atom stereocenters. The van der Waals surface area contributed by atoms with Gasteiger partial charge in [0.25, 0.3) is 0 Å². The molecule has 2 aliphatic rings. The van der Waals surface area contributed by atoms with Gasteiger partial charge in [-0.3, -0.25) is 0 Å². The Balaban J connectivity index is 1.90. The SMILES string of the molecule is Fc1nc(N2CCOCC3=CC32)c2cnc(Cl)c(F)c2n1. The lowest BCUT2D eigenvalue weighted by molar-refractivity contribution is 0.172. The standard InChI is InChI=1S/C13H9ClF2N4O/c14-11-9(15)10-7(4-17-11)12(19-13(16)18-10)20-1-2-21-5-6-3-8(6)20/h3-4,8H,1-2,5H2. The fourth-order valence-electron chi connectivity index (χ4n) is 2.52. The van der Waals surface area contributed by atoms with E-state index >= 15 is 0 Å². The first kappa shape index (κ1) is 12.8. The lowest BCUT2D eigenvalue weighted by atomic mass is 10.2. The van der Waals surface area contributed by atoms with Gasteiger partial charge in [0.1, 0.15) is 11.3 Å². The molecular formula is C13H9ClF2N4O. The summed E-state index contributed by atoms with van der Waals surface area (Å²) in [6.07, 6.45) is 2.37. The van der Waals surface area contributed by atoms with Gasteiger partial charge in [0.2, 0.25) is 0 Å². The molecule has 1 aliphatic heterocycles. The maximum Gasteiger partial charge on any atom is 0.311 e. The van der Waals surface area contributed by atoms with Crippen LogP contribution in [-0.4, -0.2) is 40.8 Å². The van der Waals surface area contributed by atoms with Crippen molar-refractivity contribution >= 4 is 28.3 Å². The van der Waals surface area contributed by atoms with E-state index < -0.39 is 11.9 Å². The number of hydrogen-bond donors (Lipinski definition) is 0. The molecule has 3 heterocycles. The molecular weight excluding hydrogens is 302 g/mol. The first-order valence-corrected chi connectivity index (χ1v) is 6.75. The van der Waals surface area contributed by atoms with E-state index in [0.29, 0.717) is 31.0 Å². The van der Waals surface area contributed by atoms with Crippen LogP contribution in [0.15, 0.2) is 17.8 Å². The zero-order valence-corrected chi connectivity index (χ0v) is 11.4. The Morgan fingerprint density at radius 2 is 2.19 bits per heavy atom. The van der Waals surface area contributed by atoms with E-state index in [1.54, 1.807) is 0 Å². The van der Waals surface area contributed by atoms with Crippen LogP contribution in [-0.2, 0) is 4.74 Å². The molecule has 0 N–H and O–H groups in total. The van der Waals surface area contributed by atoms with Gasteiger partial charge in [0, 0.05) is 12.7 Å². The van der Waals surface area contributed by atoms with Crippen molar-refractivity contribution in [3.63, 3.8) is 0 Å². The van der Waals surface area contributed by atoms with Gasteiger partial charge in [-0.1, -0.05) is 17.7 Å². The third-order valence-corrected chi connectivity index (χ3v) is 3.85. The monoisotopic (exact) mass is 310 g/mol. The van der Waals surface area contributed by atoms with Crippen LogP contribution in [0.5, 0.6) is 0 Å². The van der Waals surface area contributed by atoms with Gasteiger partial charge in [-0.25, -0.2) is 9.37 Å². The molecule has 1 saturated heterocycles. The fraction of sp³-hybridized carbons (Fsp3) is 0.308. The van der Waals surface area contributed by atoms with Gasteiger partial charge in [0.15, 0.2) is 11.0 Å². The van der Waals surface area contributed by atoms with Crippen LogP contribution in [0.1, 0.15) is 0 Å². The normalized spacial score (nSPS) is 21.0. The van der Waals surface area contributed by atoms with Gasteiger partial charge < -0.3 is 9.64 Å². The van der Waals surface area contributed by atoms with E-state index in [9.17, 15) is 8.78 Å². The van der Waals surface area contributed by atoms with Crippen LogP contribution >= 0.6 is 11.6 Å². The van der Waals surface area contributed by atoms with Crippen LogP contribution in [0, 0.1) is 11.9 Å². The Hall–Kier alpha value is -1.86. The number of fused-ring (bicyclic) bond motifs is 2. The fourth-order valence-corrected chi connectivity index (χ4v) is 2.66. The second kappa shape index (κ2) is 4.57. The van der Waals surface area contributed by atoms with Gasteiger partial charge in [-0.05, 0) is 5.57 Å². The summed E-state index contributed by atoms with van der Waals surface area (Å²) in [5, 5.41) is -0.00386. The van der Waals surface area contributed by atoms with Crippen molar-refractivity contribution < 1.29 is 13.5 Å². The summed E-state index contributed by atoms with van der Waals surface area (Å²) in [7, 11) is 0. The Kier molecular flexibility index (Phi) is 2.80. The zero-order valence-electron chi connectivity index (χ0n) is 10.7. The predicted molar refractivity (Wildman–Crippen MR) is 72.3 cm³/mol. The summed E-state index contributed by atoms with van der Waals surface area (Å²) in [6, 6.07) is 0.0451. The maximum atomic E-state index is 14.0. The highest BCUT2D eigenvalue weighted by Gasteiger charge is 2.35. The van der Waals surface area contributed by atoms with Gasteiger partial charge >= 0.3 is 6.08 Å². The third kappa shape index (κ3) is 2.04. The molecule has 0 aromatic carbocycles. The van der Waals surface area contributed by atoms with E-state index in [2.05, 4.69) is 15.0 Å². The lowest BCUT2D eigenvalue weighted by Crippen LogP contribution is -2.31. The molecule has 4 rings (SSSR count). The number of rotatable bonds is 1. The molecule has 5 nitrogen and oxygen atoms in total. The molecule has 108 valence electrons. The quantitative estimate of drug-likeness (QED) is 0.459. The molecule has 1 fully saturated rings. The molecule has 0 radical (unpaired) electrons. The van der Waals surface area contributed by atoms with Crippen LogP contribution in [0.4, 0.5) is 14.6 Å². The Labute approximate surface area is 123 Å². The highest BCUT2D eigenvalue weighted by molar-refractivity contribution is 6.30. The number of halogens is 3. The van der Waals surface area contributed by atoms with Crippen LogP contribution < -0.4 is 4.90 Å². The average molecular weight is 311 g/mol. The van der Waals surface area contributed by atoms with E-state index in [1.165, 1.54) is 6.20 Å². The molecule has 21 heavy (non-hydrogen) atoms. The molecule has 2 aromatic rings. The summed E-state index contributed by atoms with van der Waals surface area (Å²) < 4.78 is 33.1. The number of anilines is 1. The third-order valence-electron chi connectivity index (χ3n) is 3.59. The maximum absolute atomic E-state index is 14.0. The Bertz CT molecular complexity index is 782. The largest absolute Gasteiger partial charge is 0.375 e. The van der Waals surface area contributed by atoms with Crippen molar-refractivity contribution in [3.8, 4) is 0 Å². The minimum absolute atomic E-state index is 0.0451. The van der Waals surface area contributed by atoms with Gasteiger partial charge in [-0.2, -0.15) is 14.4 Å². The zero-order chi connectivity index (χ0) is 14.6. The van der Waals surface area contributed by atoms with Crippen molar-refractivity contribution in [2.24, 2.45) is 0 Å². The molecule has 0 spiro atoms. The van der Waals surface area contributed by atoms with E-state index in [4.69, 9.17) is 16.3 Å². The second-order valence-corrected chi connectivity index (χ2v) is 5.23. The second-order valence-electron chi connectivity index (χ2n) is 4.87. The topological polar surface area (TPSA) is 51.1 Å². The highest BCUT2D eigenvalue weighted by Crippen LogP contribution is 2.36. The Morgan fingerprint density at radius 3 is 3.05 bits per heavy atom. The molecule has 0 bridgehead atoms. The van der Waals surface area contributed by atoms with E-state index in [-0.39, 0.29) is 16.7 Å². The number of pyridine rings is 1. The molecule has 1 atom stereocenters. The lowest BCUT2D eigenvalue weighted by Gasteiger charge is -2.23. The summed E-state index contributed by atoms with van der Waals surface area (Å²) in [5.41, 5.74) is 0.951. The Morgan fingerprint density at radius 1 is 1.33 bits per heavy atom. The van der Waals surface area contributed by atoms with Crippen molar-refractivity contribution in [2.75, 3.05) is 24.7 Å². The first-order valence-electron chi connectivity index (χ1n) is 6.37. The highest BCUT2D eigenvalue weighted by atomic mass is 35.5. The van der Waals surface area contributed by atoms with Crippen molar-refractivity contribution in [1.29, 1.82) is 0 Å². The predicted octanol–water partition coefficient (Wildman–Crippen LogP) is 2.10. The summed E-state index contributed by atoms with van der Waals surface area (Å²) in [5.74, 6) is -0.533. The van der Waals surface area contributed by atoms with Crippen LogP contribution in [0.25, 0.3) is 10.9 Å². The number of nitrogens with zero attached hydrogens (tertiary/aromatic N) is 4. The summed E-state index contributed by atoms with van der Waals surface area (Å²) >= 11 is 5.63. The average Bonchev–Trinajstić information content (AvgIpc) is 3.22. The van der Waals surface area contributed by atoms with Crippen LogP contribution in [0.2, 0.25) is 5.15 Å². The van der Waals surface area contributed by atoms with Gasteiger partial charge in [-0.15, -0.1) is 0 Å². The van der Waals surface area contributed by atoms with E-state index in [0.717, 1.165) is 5.57 Å². The summed E-state index contributed by atoms with van der Waals surface area (Å²) in [4.78, 5) is 13.0. The van der Waals surface area contributed by atoms with Crippen molar-refractivity contribution in [2.45, 2.75) is 6.04 Å². The minimum Gasteiger partial charge on any atom is -0.375 e. The number of aromatic nitrogens is 3. The molecule has 0 saturated carbocycles. The molecule has 2 aromatic heterocycles. The van der Waals surface area contributed by atoms with E-state index in [1.807, 2.05) is 11.0 Å². The minimum atomic E-state index is -0.994.